The summed E-state index contributed by atoms with van der Waals surface area (Å²) in [6.07, 6.45) is 0. The van der Waals surface area contributed by atoms with Crippen molar-refractivity contribution >= 4 is 11.9 Å². The maximum Gasteiger partial charge on any atom is 0.231 e. The molecule has 0 radical (unpaired) electrons. The highest BCUT2D eigenvalue weighted by molar-refractivity contribution is 5.95. The highest BCUT2D eigenvalue weighted by atomic mass is 16.5. The maximum atomic E-state index is 11.4. The van der Waals surface area contributed by atoms with Crippen LogP contribution in [0.2, 0.25) is 0 Å². The number of aliphatic carboxylic acids is 1. The van der Waals surface area contributed by atoms with Gasteiger partial charge in [0.1, 0.15) is 0 Å². The molecule has 1 heterocycles. The monoisotopic (exact) mass is 186 g/mol. The van der Waals surface area contributed by atoms with Crippen molar-refractivity contribution in [3.63, 3.8) is 0 Å². The van der Waals surface area contributed by atoms with E-state index in [2.05, 4.69) is 0 Å². The molecule has 0 bridgehead atoms. The normalized spacial score (nSPS) is 19.6. The van der Waals surface area contributed by atoms with Crippen LogP contribution >= 0.6 is 0 Å². The number of hydrogen-bond acceptors (Lipinski definition) is 4. The average Bonchev–Trinajstić information content (AvgIpc) is 2.17. The van der Waals surface area contributed by atoms with Gasteiger partial charge >= 0.3 is 0 Å². The Balaban J connectivity index is 2.50. The third-order valence-electron chi connectivity index (χ3n) is 2.05. The molecule has 1 amide bonds. The average molecular weight is 186 g/mol. The molecule has 0 N–H and O–H groups in total. The molecule has 0 aromatic heterocycles. The number of carboxylic acids is 1. The maximum absolute atomic E-state index is 11.4. The molecule has 0 aromatic carbocycles. The smallest absolute Gasteiger partial charge is 0.231 e. The zero-order chi connectivity index (χ0) is 9.84. The van der Waals surface area contributed by atoms with E-state index in [0.29, 0.717) is 26.3 Å². The van der Waals surface area contributed by atoms with E-state index in [1.165, 1.54) is 11.8 Å². The predicted molar refractivity (Wildman–Crippen MR) is 41.6 cm³/mol. The fourth-order valence-electron chi connectivity index (χ4n) is 1.16. The molecule has 1 atom stereocenters. The molecule has 0 aromatic rings. The SMILES string of the molecule is CC(C(=O)[O-])C(=O)N1CCOCC1. The molecule has 5 heteroatoms. The predicted octanol–water partition coefficient (Wildman–Crippen LogP) is -1.77. The van der Waals surface area contributed by atoms with Crippen molar-refractivity contribution in [2.75, 3.05) is 26.3 Å². The van der Waals surface area contributed by atoms with Crippen molar-refractivity contribution in [2.24, 2.45) is 5.92 Å². The van der Waals surface area contributed by atoms with Gasteiger partial charge in [-0.25, -0.2) is 0 Å². The summed E-state index contributed by atoms with van der Waals surface area (Å²) in [6.45, 7) is 3.23. The van der Waals surface area contributed by atoms with Gasteiger partial charge in [0.25, 0.3) is 0 Å². The van der Waals surface area contributed by atoms with Gasteiger partial charge in [0.15, 0.2) is 0 Å². The van der Waals surface area contributed by atoms with E-state index >= 15 is 0 Å². The molecule has 1 rings (SSSR count). The summed E-state index contributed by atoms with van der Waals surface area (Å²) in [5, 5.41) is 10.4. The van der Waals surface area contributed by atoms with Gasteiger partial charge < -0.3 is 19.5 Å². The Morgan fingerprint density at radius 2 is 1.92 bits per heavy atom. The van der Waals surface area contributed by atoms with Crippen LogP contribution in [0.5, 0.6) is 0 Å². The summed E-state index contributed by atoms with van der Waals surface area (Å²) in [5.41, 5.74) is 0. The van der Waals surface area contributed by atoms with Crippen molar-refractivity contribution in [1.29, 1.82) is 0 Å². The number of hydrogen-bond donors (Lipinski definition) is 0. The van der Waals surface area contributed by atoms with Crippen LogP contribution in [0.25, 0.3) is 0 Å². The Bertz CT molecular complexity index is 210. The van der Waals surface area contributed by atoms with Crippen LogP contribution in [0.3, 0.4) is 0 Å². The van der Waals surface area contributed by atoms with E-state index in [9.17, 15) is 14.7 Å². The van der Waals surface area contributed by atoms with E-state index in [0.717, 1.165) is 0 Å². The zero-order valence-corrected chi connectivity index (χ0v) is 7.49. The molecule has 0 saturated carbocycles. The van der Waals surface area contributed by atoms with Crippen LogP contribution in [0.1, 0.15) is 6.92 Å². The lowest BCUT2D eigenvalue weighted by atomic mass is 10.1. The second-order valence-electron chi connectivity index (χ2n) is 2.98. The quantitative estimate of drug-likeness (QED) is 0.479. The molecular formula is C8H12NO4-. The minimum absolute atomic E-state index is 0.386. The standard InChI is InChI=1S/C8H13NO4/c1-6(8(11)12)7(10)9-2-4-13-5-3-9/h6H,2-5H2,1H3,(H,11,12)/p-1. The molecule has 1 saturated heterocycles. The summed E-state index contributed by atoms with van der Waals surface area (Å²) >= 11 is 0. The van der Waals surface area contributed by atoms with E-state index < -0.39 is 11.9 Å². The molecule has 1 aliphatic rings. The van der Waals surface area contributed by atoms with Gasteiger partial charge in [-0.15, -0.1) is 0 Å². The number of carbonyl (C=O) groups is 2. The first kappa shape index (κ1) is 9.98. The van der Waals surface area contributed by atoms with E-state index in [4.69, 9.17) is 4.74 Å². The first-order chi connectivity index (χ1) is 6.13. The van der Waals surface area contributed by atoms with Crippen molar-refractivity contribution in [2.45, 2.75) is 6.92 Å². The lowest BCUT2D eigenvalue weighted by molar-refractivity contribution is -0.309. The van der Waals surface area contributed by atoms with Gasteiger partial charge in [0, 0.05) is 13.1 Å². The number of morpholine rings is 1. The van der Waals surface area contributed by atoms with Crippen LogP contribution in [0, 0.1) is 5.92 Å². The summed E-state index contributed by atoms with van der Waals surface area (Å²) in [6, 6.07) is 0. The van der Waals surface area contributed by atoms with Crippen molar-refractivity contribution < 1.29 is 19.4 Å². The number of rotatable bonds is 2. The van der Waals surface area contributed by atoms with Crippen LogP contribution in [0.15, 0.2) is 0 Å². The topological polar surface area (TPSA) is 69.7 Å². The molecule has 5 nitrogen and oxygen atoms in total. The minimum Gasteiger partial charge on any atom is -0.549 e. The fourth-order valence-corrected chi connectivity index (χ4v) is 1.16. The highest BCUT2D eigenvalue weighted by Gasteiger charge is 2.22. The Labute approximate surface area is 76.3 Å². The molecule has 74 valence electrons. The van der Waals surface area contributed by atoms with Gasteiger partial charge in [-0.2, -0.15) is 0 Å². The van der Waals surface area contributed by atoms with Gasteiger partial charge in [-0.3, -0.25) is 4.79 Å². The van der Waals surface area contributed by atoms with E-state index in [1.807, 2.05) is 0 Å². The number of nitrogens with zero attached hydrogens (tertiary/aromatic N) is 1. The second-order valence-corrected chi connectivity index (χ2v) is 2.98. The number of amides is 1. The van der Waals surface area contributed by atoms with Gasteiger partial charge in [0.05, 0.1) is 25.1 Å². The summed E-state index contributed by atoms with van der Waals surface area (Å²) < 4.78 is 5.03. The molecule has 1 fully saturated rings. The largest absolute Gasteiger partial charge is 0.549 e. The zero-order valence-electron chi connectivity index (χ0n) is 7.49. The third-order valence-corrected chi connectivity index (χ3v) is 2.05. The third kappa shape index (κ3) is 2.42. The van der Waals surface area contributed by atoms with Crippen LogP contribution in [0.4, 0.5) is 0 Å². The first-order valence-corrected chi connectivity index (χ1v) is 4.20. The highest BCUT2D eigenvalue weighted by Crippen LogP contribution is 2.04. The molecule has 0 aliphatic carbocycles. The van der Waals surface area contributed by atoms with Crippen LogP contribution < -0.4 is 5.11 Å². The second kappa shape index (κ2) is 4.23. The van der Waals surface area contributed by atoms with Crippen LogP contribution in [-0.4, -0.2) is 43.1 Å². The number of ether oxygens (including phenoxy) is 1. The Morgan fingerprint density at radius 1 is 1.38 bits per heavy atom. The Hall–Kier alpha value is -1.10. The first-order valence-electron chi connectivity index (χ1n) is 4.20. The number of carboxylic acid groups (broad SMARTS) is 1. The van der Waals surface area contributed by atoms with Gasteiger partial charge in [0.2, 0.25) is 5.91 Å². The van der Waals surface area contributed by atoms with E-state index in [-0.39, 0.29) is 5.91 Å². The van der Waals surface area contributed by atoms with Crippen molar-refractivity contribution in [1.82, 2.24) is 4.90 Å². The van der Waals surface area contributed by atoms with Crippen molar-refractivity contribution in [3.05, 3.63) is 0 Å². The minimum atomic E-state index is -1.32. The molecular weight excluding hydrogens is 174 g/mol. The van der Waals surface area contributed by atoms with E-state index in [1.54, 1.807) is 0 Å². The number of carbonyl (C=O) groups excluding carboxylic acids is 2. The molecule has 1 unspecified atom stereocenters. The van der Waals surface area contributed by atoms with Gasteiger partial charge in [-0.05, 0) is 6.92 Å². The summed E-state index contributed by atoms with van der Waals surface area (Å²) in [5.74, 6) is -2.77. The fraction of sp³-hybridized carbons (Fsp3) is 0.750. The Morgan fingerprint density at radius 3 is 2.38 bits per heavy atom. The Kier molecular flexibility index (Phi) is 3.25. The lowest BCUT2D eigenvalue weighted by Gasteiger charge is -2.29. The molecule has 13 heavy (non-hydrogen) atoms. The van der Waals surface area contributed by atoms with Gasteiger partial charge in [-0.1, -0.05) is 0 Å². The summed E-state index contributed by atoms with van der Waals surface area (Å²) in [7, 11) is 0. The lowest BCUT2D eigenvalue weighted by Crippen LogP contribution is -2.47. The summed E-state index contributed by atoms with van der Waals surface area (Å²) in [4.78, 5) is 23.3. The van der Waals surface area contributed by atoms with Crippen LogP contribution in [-0.2, 0) is 14.3 Å². The van der Waals surface area contributed by atoms with Crippen molar-refractivity contribution in [3.8, 4) is 0 Å². The molecule has 0 spiro atoms. The molecule has 1 aliphatic heterocycles.